The summed E-state index contributed by atoms with van der Waals surface area (Å²) in [6.07, 6.45) is 8.95. The fourth-order valence-corrected chi connectivity index (χ4v) is 4.53. The van der Waals surface area contributed by atoms with Crippen LogP contribution in [0.3, 0.4) is 0 Å². The summed E-state index contributed by atoms with van der Waals surface area (Å²) in [5.74, 6) is 0.224. The van der Waals surface area contributed by atoms with Crippen LogP contribution in [0.1, 0.15) is 80.3 Å². The van der Waals surface area contributed by atoms with E-state index in [1.165, 1.54) is 6.08 Å². The lowest BCUT2D eigenvalue weighted by molar-refractivity contribution is -0.139. The molecule has 0 N–H and O–H groups in total. The van der Waals surface area contributed by atoms with Gasteiger partial charge in [-0.25, -0.2) is 19.2 Å². The molecule has 10 heteroatoms. The van der Waals surface area contributed by atoms with Gasteiger partial charge in [0.15, 0.2) is 0 Å². The Labute approximate surface area is 306 Å². The van der Waals surface area contributed by atoms with Crippen molar-refractivity contribution in [3.8, 4) is 23.0 Å². The van der Waals surface area contributed by atoms with Crippen LogP contribution in [0.5, 0.6) is 23.0 Å². The molecule has 276 valence electrons. The monoisotopic (exact) mass is 712 g/mol. The molecule has 0 saturated heterocycles. The predicted octanol–water partition coefficient (Wildman–Crippen LogP) is 8.56. The molecule has 52 heavy (non-hydrogen) atoms. The van der Waals surface area contributed by atoms with Crippen LogP contribution in [0.25, 0.3) is 6.08 Å². The van der Waals surface area contributed by atoms with Gasteiger partial charge in [0.2, 0.25) is 0 Å². The van der Waals surface area contributed by atoms with Gasteiger partial charge in [-0.3, -0.25) is 0 Å². The summed E-state index contributed by atoms with van der Waals surface area (Å²) in [6.45, 7) is 13.9. The van der Waals surface area contributed by atoms with Gasteiger partial charge in [-0.2, -0.15) is 0 Å². The molecule has 0 heterocycles. The first kappa shape index (κ1) is 40.8. The zero-order chi connectivity index (χ0) is 37.7. The Balaban J connectivity index is 1.34. The number of ether oxygens (including phenoxy) is 6. The normalized spacial score (nSPS) is 10.7. The molecule has 0 aliphatic heterocycles. The highest BCUT2D eigenvalue weighted by molar-refractivity contribution is 5.91. The van der Waals surface area contributed by atoms with Crippen LogP contribution in [0.15, 0.2) is 97.1 Å². The summed E-state index contributed by atoms with van der Waals surface area (Å²) in [4.78, 5) is 48.0. The maximum absolute atomic E-state index is 12.7. The standard InChI is InChI=1S/C42H48O10/c1-30(2)40(44)49-27-10-7-6-9-25-48-36-20-16-34(17-21-36)42(46)51-37-22-23-38(32(5)29-37)52-39(43)24-15-33-13-18-35(19-14-33)47-26-11-8-12-28-50-41(45)31(3)4/h13-24,29H,1,3,6-12,25-28H2,2,4-5H3/b24-15+. The highest BCUT2D eigenvalue weighted by Gasteiger charge is 2.12. The number of carbonyl (C=O) groups is 4. The molecular formula is C42H48O10. The van der Waals surface area contributed by atoms with E-state index in [0.717, 1.165) is 50.5 Å². The summed E-state index contributed by atoms with van der Waals surface area (Å²) in [7, 11) is 0. The van der Waals surface area contributed by atoms with Crippen LogP contribution in [-0.2, 0) is 23.9 Å². The average Bonchev–Trinajstić information content (AvgIpc) is 3.13. The smallest absolute Gasteiger partial charge is 0.343 e. The van der Waals surface area contributed by atoms with Crippen LogP contribution < -0.4 is 18.9 Å². The molecule has 3 rings (SSSR count). The van der Waals surface area contributed by atoms with Gasteiger partial charge in [-0.1, -0.05) is 25.3 Å². The lowest BCUT2D eigenvalue weighted by Crippen LogP contribution is -2.09. The average molecular weight is 713 g/mol. The third-order valence-corrected chi connectivity index (χ3v) is 7.48. The third kappa shape index (κ3) is 15.5. The van der Waals surface area contributed by atoms with E-state index in [2.05, 4.69) is 13.2 Å². The van der Waals surface area contributed by atoms with Crippen LogP contribution in [-0.4, -0.2) is 50.3 Å². The van der Waals surface area contributed by atoms with Crippen molar-refractivity contribution in [1.82, 2.24) is 0 Å². The van der Waals surface area contributed by atoms with Crippen LogP contribution in [0.2, 0.25) is 0 Å². The van der Waals surface area contributed by atoms with Crippen molar-refractivity contribution < 1.29 is 47.6 Å². The van der Waals surface area contributed by atoms with Gasteiger partial charge in [0.25, 0.3) is 0 Å². The van der Waals surface area contributed by atoms with Gasteiger partial charge < -0.3 is 28.4 Å². The van der Waals surface area contributed by atoms with Crippen molar-refractivity contribution in [1.29, 1.82) is 0 Å². The molecule has 0 atom stereocenters. The van der Waals surface area contributed by atoms with Crippen molar-refractivity contribution in [2.24, 2.45) is 0 Å². The van der Waals surface area contributed by atoms with E-state index in [9.17, 15) is 19.2 Å². The SMILES string of the molecule is C=C(C)C(=O)OCCCCCCOc1ccc(C(=O)Oc2ccc(OC(=O)/C=C/c3ccc(OCCCCCOC(=O)C(=C)C)cc3)c(C)c2)cc1. The number of hydrogen-bond acceptors (Lipinski definition) is 10. The van der Waals surface area contributed by atoms with Crippen molar-refractivity contribution in [2.75, 3.05) is 26.4 Å². The van der Waals surface area contributed by atoms with Crippen molar-refractivity contribution in [3.05, 3.63) is 114 Å². The van der Waals surface area contributed by atoms with E-state index >= 15 is 0 Å². The van der Waals surface area contributed by atoms with Crippen LogP contribution in [0, 0.1) is 6.92 Å². The minimum Gasteiger partial charge on any atom is -0.494 e. The fraction of sp³-hybridized carbons (Fsp3) is 0.333. The molecule has 0 radical (unpaired) electrons. The van der Waals surface area contributed by atoms with Crippen molar-refractivity contribution >= 4 is 30.0 Å². The Morgan fingerprint density at radius 2 is 1.08 bits per heavy atom. The molecule has 0 aromatic heterocycles. The molecule has 0 aliphatic rings. The molecular weight excluding hydrogens is 664 g/mol. The first-order valence-electron chi connectivity index (χ1n) is 17.4. The number of carbonyl (C=O) groups excluding carboxylic acids is 4. The van der Waals surface area contributed by atoms with E-state index in [4.69, 9.17) is 28.4 Å². The molecule has 10 nitrogen and oxygen atoms in total. The Bertz CT molecular complexity index is 1690. The van der Waals surface area contributed by atoms with Crippen molar-refractivity contribution in [2.45, 2.75) is 65.7 Å². The zero-order valence-electron chi connectivity index (χ0n) is 30.3. The molecule has 3 aromatic carbocycles. The van der Waals surface area contributed by atoms with E-state index in [-0.39, 0.29) is 11.9 Å². The summed E-state index contributed by atoms with van der Waals surface area (Å²) in [5, 5.41) is 0. The Morgan fingerprint density at radius 3 is 1.60 bits per heavy atom. The summed E-state index contributed by atoms with van der Waals surface area (Å²) < 4.78 is 32.7. The number of rotatable bonds is 22. The molecule has 0 bridgehead atoms. The van der Waals surface area contributed by atoms with Gasteiger partial charge >= 0.3 is 23.9 Å². The van der Waals surface area contributed by atoms with E-state index in [1.807, 2.05) is 24.3 Å². The van der Waals surface area contributed by atoms with Gasteiger partial charge in [0.05, 0.1) is 32.0 Å². The lowest BCUT2D eigenvalue weighted by Gasteiger charge is -2.10. The van der Waals surface area contributed by atoms with Gasteiger partial charge in [0, 0.05) is 17.2 Å². The minimum absolute atomic E-state index is 0.318. The molecule has 0 fully saturated rings. The molecule has 0 unspecified atom stereocenters. The minimum atomic E-state index is -0.550. The van der Waals surface area contributed by atoms with Gasteiger partial charge in [0.1, 0.15) is 23.0 Å². The highest BCUT2D eigenvalue weighted by Crippen LogP contribution is 2.25. The zero-order valence-corrected chi connectivity index (χ0v) is 30.3. The molecule has 0 aliphatic carbocycles. The van der Waals surface area contributed by atoms with Crippen LogP contribution in [0.4, 0.5) is 0 Å². The van der Waals surface area contributed by atoms with Crippen LogP contribution >= 0.6 is 0 Å². The maximum atomic E-state index is 12.7. The Morgan fingerprint density at radius 1 is 0.596 bits per heavy atom. The second kappa shape index (κ2) is 22.2. The van der Waals surface area contributed by atoms with E-state index in [0.29, 0.717) is 71.7 Å². The lowest BCUT2D eigenvalue weighted by atomic mass is 10.2. The van der Waals surface area contributed by atoms with Gasteiger partial charge in [-0.15, -0.1) is 0 Å². The van der Waals surface area contributed by atoms with E-state index < -0.39 is 11.9 Å². The summed E-state index contributed by atoms with van der Waals surface area (Å²) >= 11 is 0. The number of benzene rings is 3. The molecule has 3 aromatic rings. The number of unbranched alkanes of at least 4 members (excludes halogenated alkanes) is 5. The van der Waals surface area contributed by atoms with E-state index in [1.54, 1.807) is 69.3 Å². The molecule has 0 saturated carbocycles. The summed E-state index contributed by atoms with van der Waals surface area (Å²) in [6, 6.07) is 18.8. The fourth-order valence-electron chi connectivity index (χ4n) is 4.53. The molecule has 0 spiro atoms. The molecule has 0 amide bonds. The maximum Gasteiger partial charge on any atom is 0.343 e. The number of hydrogen-bond donors (Lipinski definition) is 0. The Hall–Kier alpha value is -5.64. The second-order valence-electron chi connectivity index (χ2n) is 12.2. The largest absolute Gasteiger partial charge is 0.494 e. The number of aryl methyl sites for hydroxylation is 1. The Kier molecular flexibility index (Phi) is 17.4. The quantitative estimate of drug-likeness (QED) is 0.0433. The highest BCUT2D eigenvalue weighted by atomic mass is 16.5. The predicted molar refractivity (Wildman–Crippen MR) is 199 cm³/mol. The van der Waals surface area contributed by atoms with Crippen molar-refractivity contribution in [3.63, 3.8) is 0 Å². The second-order valence-corrected chi connectivity index (χ2v) is 12.2. The first-order chi connectivity index (χ1) is 25.0. The summed E-state index contributed by atoms with van der Waals surface area (Å²) in [5.41, 5.74) is 2.58. The van der Waals surface area contributed by atoms with Gasteiger partial charge in [-0.05, 0) is 138 Å². The topological polar surface area (TPSA) is 124 Å². The first-order valence-corrected chi connectivity index (χ1v) is 17.4. The third-order valence-electron chi connectivity index (χ3n) is 7.48. The number of esters is 4.